The van der Waals surface area contributed by atoms with Crippen LogP contribution in [0.2, 0.25) is 0 Å². The van der Waals surface area contributed by atoms with Crippen LogP contribution in [0.15, 0.2) is 41.8 Å². The summed E-state index contributed by atoms with van der Waals surface area (Å²) >= 11 is 1.56. The molecule has 0 spiro atoms. The van der Waals surface area contributed by atoms with Crippen molar-refractivity contribution in [2.45, 2.75) is 19.1 Å². The molecule has 0 aliphatic carbocycles. The fourth-order valence-electron chi connectivity index (χ4n) is 1.59. The van der Waals surface area contributed by atoms with Gasteiger partial charge in [-0.05, 0) is 29.5 Å². The van der Waals surface area contributed by atoms with Crippen molar-refractivity contribution in [1.82, 2.24) is 0 Å². The summed E-state index contributed by atoms with van der Waals surface area (Å²) < 4.78 is 0. The predicted octanol–water partition coefficient (Wildman–Crippen LogP) is 2.85. The zero-order valence-corrected chi connectivity index (χ0v) is 9.95. The quantitative estimate of drug-likeness (QED) is 0.856. The van der Waals surface area contributed by atoms with Gasteiger partial charge >= 0.3 is 0 Å². The van der Waals surface area contributed by atoms with Crippen LogP contribution < -0.4 is 5.73 Å². The molecular formula is C13H15NOS. The van der Waals surface area contributed by atoms with E-state index in [0.29, 0.717) is 0 Å². The highest BCUT2D eigenvalue weighted by molar-refractivity contribution is 7.10. The molecule has 1 aromatic carbocycles. The molecule has 0 aliphatic rings. The predicted molar refractivity (Wildman–Crippen MR) is 67.4 cm³/mol. The topological polar surface area (TPSA) is 46.2 Å². The van der Waals surface area contributed by atoms with Crippen LogP contribution in [-0.4, -0.2) is 5.11 Å². The van der Waals surface area contributed by atoms with E-state index in [1.807, 2.05) is 48.7 Å². The van der Waals surface area contributed by atoms with Gasteiger partial charge in [-0.2, -0.15) is 0 Å². The average molecular weight is 233 g/mol. The maximum Gasteiger partial charge on any atom is 0.113 e. The highest BCUT2D eigenvalue weighted by atomic mass is 32.1. The second-order valence-electron chi connectivity index (χ2n) is 3.87. The van der Waals surface area contributed by atoms with E-state index in [0.717, 1.165) is 16.0 Å². The van der Waals surface area contributed by atoms with Crippen molar-refractivity contribution in [3.8, 4) is 0 Å². The summed E-state index contributed by atoms with van der Waals surface area (Å²) in [6.45, 7) is 1.95. The Bertz CT molecular complexity index is 433. The van der Waals surface area contributed by atoms with E-state index in [9.17, 15) is 5.11 Å². The average Bonchev–Trinajstić information content (AvgIpc) is 2.81. The highest BCUT2D eigenvalue weighted by Gasteiger charge is 2.11. The first-order chi connectivity index (χ1) is 7.68. The van der Waals surface area contributed by atoms with Crippen molar-refractivity contribution in [2.24, 2.45) is 5.73 Å². The molecule has 0 radical (unpaired) electrons. The minimum Gasteiger partial charge on any atom is -0.383 e. The lowest BCUT2D eigenvalue weighted by molar-refractivity contribution is 0.224. The van der Waals surface area contributed by atoms with Gasteiger partial charge in [0.2, 0.25) is 0 Å². The number of thiophene rings is 1. The number of hydrogen-bond acceptors (Lipinski definition) is 3. The van der Waals surface area contributed by atoms with Crippen molar-refractivity contribution < 1.29 is 5.11 Å². The van der Waals surface area contributed by atoms with Crippen molar-refractivity contribution in [2.75, 3.05) is 0 Å². The first-order valence-corrected chi connectivity index (χ1v) is 6.13. The molecule has 0 fully saturated rings. The van der Waals surface area contributed by atoms with Crippen molar-refractivity contribution in [1.29, 1.82) is 0 Å². The largest absolute Gasteiger partial charge is 0.383 e. The summed E-state index contributed by atoms with van der Waals surface area (Å²) in [5.74, 6) is 0. The monoisotopic (exact) mass is 233 g/mol. The van der Waals surface area contributed by atoms with Crippen molar-refractivity contribution >= 4 is 11.3 Å². The van der Waals surface area contributed by atoms with E-state index in [-0.39, 0.29) is 6.04 Å². The molecule has 16 heavy (non-hydrogen) atoms. The third-order valence-corrected chi connectivity index (χ3v) is 3.52. The first kappa shape index (κ1) is 11.3. The van der Waals surface area contributed by atoms with Gasteiger partial charge in [0, 0.05) is 10.9 Å². The van der Waals surface area contributed by atoms with Crippen LogP contribution in [-0.2, 0) is 0 Å². The molecule has 2 atom stereocenters. The molecule has 0 amide bonds. The first-order valence-electron chi connectivity index (χ1n) is 5.25. The molecule has 84 valence electrons. The maximum atomic E-state index is 10.1. The molecule has 3 heteroatoms. The van der Waals surface area contributed by atoms with Crippen molar-refractivity contribution in [3.05, 3.63) is 57.8 Å². The molecule has 0 aliphatic heterocycles. The number of rotatable bonds is 3. The second-order valence-corrected chi connectivity index (χ2v) is 4.85. The number of nitrogens with two attached hydrogens (primary N) is 1. The smallest absolute Gasteiger partial charge is 0.113 e. The Morgan fingerprint density at radius 1 is 1.12 bits per heavy atom. The Hall–Kier alpha value is -1.16. The Kier molecular flexibility index (Phi) is 3.39. The minimum atomic E-state index is -0.526. The molecule has 2 unspecified atom stereocenters. The summed E-state index contributed by atoms with van der Waals surface area (Å²) in [6, 6.07) is 11.7. The summed E-state index contributed by atoms with van der Waals surface area (Å²) in [4.78, 5) is 0.966. The van der Waals surface area contributed by atoms with Crippen LogP contribution in [0.25, 0.3) is 0 Å². The molecule has 1 aromatic heterocycles. The van der Waals surface area contributed by atoms with Crippen LogP contribution in [0, 0.1) is 0 Å². The lowest BCUT2D eigenvalue weighted by atomic mass is 10.0. The minimum absolute atomic E-state index is 0.0351. The Labute approximate surface area is 99.4 Å². The molecule has 0 bridgehead atoms. The lowest BCUT2D eigenvalue weighted by Crippen LogP contribution is -2.05. The van der Waals surface area contributed by atoms with Crippen LogP contribution in [0.4, 0.5) is 0 Å². The zero-order valence-electron chi connectivity index (χ0n) is 9.13. The third kappa shape index (κ3) is 2.32. The van der Waals surface area contributed by atoms with E-state index in [2.05, 4.69) is 0 Å². The highest BCUT2D eigenvalue weighted by Crippen LogP contribution is 2.26. The third-order valence-electron chi connectivity index (χ3n) is 2.59. The van der Waals surface area contributed by atoms with Crippen LogP contribution >= 0.6 is 11.3 Å². The van der Waals surface area contributed by atoms with Gasteiger partial charge in [-0.25, -0.2) is 0 Å². The number of hydrogen-bond donors (Lipinski definition) is 2. The molecule has 2 rings (SSSR count). The van der Waals surface area contributed by atoms with Gasteiger partial charge in [-0.15, -0.1) is 11.3 Å². The Morgan fingerprint density at radius 2 is 1.75 bits per heavy atom. The van der Waals surface area contributed by atoms with Gasteiger partial charge in [0.05, 0.1) is 0 Å². The summed E-state index contributed by atoms with van der Waals surface area (Å²) in [5, 5.41) is 12.1. The molecule has 2 nitrogen and oxygen atoms in total. The van der Waals surface area contributed by atoms with E-state index >= 15 is 0 Å². The van der Waals surface area contributed by atoms with Gasteiger partial charge in [0.25, 0.3) is 0 Å². The molecular weight excluding hydrogens is 218 g/mol. The van der Waals surface area contributed by atoms with Gasteiger partial charge in [-0.1, -0.05) is 30.3 Å². The summed E-state index contributed by atoms with van der Waals surface area (Å²) in [6.07, 6.45) is -0.526. The maximum absolute atomic E-state index is 10.1. The fourth-order valence-corrected chi connectivity index (χ4v) is 2.33. The van der Waals surface area contributed by atoms with Crippen LogP contribution in [0.3, 0.4) is 0 Å². The summed E-state index contributed by atoms with van der Waals surface area (Å²) in [7, 11) is 0. The van der Waals surface area contributed by atoms with Crippen molar-refractivity contribution in [3.63, 3.8) is 0 Å². The van der Waals surface area contributed by atoms with Crippen LogP contribution in [0.5, 0.6) is 0 Å². The van der Waals surface area contributed by atoms with E-state index in [4.69, 9.17) is 5.73 Å². The van der Waals surface area contributed by atoms with Gasteiger partial charge in [-0.3, -0.25) is 0 Å². The molecule has 0 saturated heterocycles. The van der Waals surface area contributed by atoms with Gasteiger partial charge in [0.15, 0.2) is 0 Å². The van der Waals surface area contributed by atoms with E-state index in [1.165, 1.54) is 0 Å². The lowest BCUT2D eigenvalue weighted by Gasteiger charge is -2.11. The Balaban J connectivity index is 2.22. The Morgan fingerprint density at radius 3 is 2.25 bits per heavy atom. The van der Waals surface area contributed by atoms with E-state index < -0.39 is 6.10 Å². The van der Waals surface area contributed by atoms with Crippen LogP contribution in [0.1, 0.15) is 35.1 Å². The number of benzene rings is 1. The van der Waals surface area contributed by atoms with Gasteiger partial charge < -0.3 is 10.8 Å². The molecule has 2 aromatic rings. The normalized spacial score (nSPS) is 14.7. The SMILES string of the molecule is CC(N)c1ccc(C(O)c2cccs2)cc1. The molecule has 0 saturated carbocycles. The molecule has 3 N–H and O–H groups in total. The fraction of sp³-hybridized carbons (Fsp3) is 0.231. The second kappa shape index (κ2) is 4.78. The zero-order chi connectivity index (χ0) is 11.5. The molecule has 1 heterocycles. The number of aliphatic hydroxyl groups is 1. The number of aliphatic hydroxyl groups excluding tert-OH is 1. The van der Waals surface area contributed by atoms with Gasteiger partial charge in [0.1, 0.15) is 6.10 Å². The summed E-state index contributed by atoms with van der Waals surface area (Å²) in [5.41, 5.74) is 7.77. The van der Waals surface area contributed by atoms with E-state index in [1.54, 1.807) is 11.3 Å². The standard InChI is InChI=1S/C13H15NOS/c1-9(14)10-4-6-11(7-5-10)13(15)12-3-2-8-16-12/h2-9,13,15H,14H2,1H3.